The van der Waals surface area contributed by atoms with Crippen LogP contribution in [-0.4, -0.2) is 42.6 Å². The predicted octanol–water partition coefficient (Wildman–Crippen LogP) is 4.50. The topological polar surface area (TPSA) is 41.6 Å². The molecule has 1 aliphatic heterocycles. The van der Waals surface area contributed by atoms with Gasteiger partial charge in [0, 0.05) is 17.6 Å². The number of rotatable bonds is 6. The maximum atomic E-state index is 12.0. The summed E-state index contributed by atoms with van der Waals surface area (Å²) in [6.45, 7) is 14.2. The quantitative estimate of drug-likeness (QED) is 0.770. The maximum absolute atomic E-state index is 12.0. The zero-order valence-electron chi connectivity index (χ0n) is 16.7. The summed E-state index contributed by atoms with van der Waals surface area (Å²) in [4.78, 5) is 14.6. The summed E-state index contributed by atoms with van der Waals surface area (Å²) < 4.78 is 5.77. The van der Waals surface area contributed by atoms with E-state index in [0.717, 1.165) is 25.3 Å². The summed E-state index contributed by atoms with van der Waals surface area (Å²) in [6.07, 6.45) is 5.09. The molecule has 1 heterocycles. The van der Waals surface area contributed by atoms with Crippen molar-refractivity contribution in [3.63, 3.8) is 0 Å². The molecule has 0 bridgehead atoms. The van der Waals surface area contributed by atoms with Crippen LogP contribution in [0.1, 0.15) is 70.7 Å². The van der Waals surface area contributed by atoms with E-state index < -0.39 is 0 Å². The second kappa shape index (κ2) is 11.1. The van der Waals surface area contributed by atoms with Crippen LogP contribution in [-0.2, 0) is 0 Å². The summed E-state index contributed by atoms with van der Waals surface area (Å²) in [5.41, 5.74) is 0.446. The third-order valence-electron chi connectivity index (χ3n) is 3.94. The highest BCUT2D eigenvalue weighted by Crippen LogP contribution is 2.14. The number of likely N-dealkylation sites (tertiary alicyclic amines) is 1. The van der Waals surface area contributed by atoms with E-state index in [1.165, 1.54) is 32.4 Å². The average molecular weight is 349 g/mol. The molecule has 0 spiro atoms. The van der Waals surface area contributed by atoms with E-state index in [1.54, 1.807) is 0 Å². The minimum Gasteiger partial charge on any atom is -0.494 e. The first-order valence-corrected chi connectivity index (χ1v) is 9.72. The Morgan fingerprint density at radius 3 is 2.24 bits per heavy atom. The van der Waals surface area contributed by atoms with Crippen molar-refractivity contribution >= 4 is 5.91 Å². The van der Waals surface area contributed by atoms with Crippen molar-refractivity contribution in [3.8, 4) is 5.75 Å². The first-order chi connectivity index (χ1) is 11.9. The van der Waals surface area contributed by atoms with Crippen LogP contribution < -0.4 is 10.1 Å². The Hall–Kier alpha value is -1.55. The van der Waals surface area contributed by atoms with Crippen molar-refractivity contribution < 1.29 is 9.53 Å². The molecule has 1 aromatic rings. The number of benzene rings is 1. The van der Waals surface area contributed by atoms with E-state index >= 15 is 0 Å². The van der Waals surface area contributed by atoms with E-state index in [1.807, 2.05) is 58.9 Å². The smallest absolute Gasteiger partial charge is 0.251 e. The van der Waals surface area contributed by atoms with Gasteiger partial charge in [-0.2, -0.15) is 0 Å². The van der Waals surface area contributed by atoms with Gasteiger partial charge in [0.15, 0.2) is 0 Å². The lowest BCUT2D eigenvalue weighted by Gasteiger charge is -2.26. The number of nitrogens with one attached hydrogen (secondary N) is 1. The molecule has 1 amide bonds. The number of ether oxygens (including phenoxy) is 1. The second-order valence-electron chi connectivity index (χ2n) is 7.33. The lowest BCUT2D eigenvalue weighted by Crippen LogP contribution is -2.40. The van der Waals surface area contributed by atoms with Crippen LogP contribution in [0.25, 0.3) is 0 Å². The molecule has 0 aliphatic carbocycles. The summed E-state index contributed by atoms with van der Waals surface area (Å²) in [6, 6.07) is 7.39. The Labute approximate surface area is 153 Å². The van der Waals surface area contributed by atoms with Gasteiger partial charge in [-0.25, -0.2) is 0 Å². The molecule has 1 aromatic carbocycles. The number of hydrogen-bond donors (Lipinski definition) is 1. The van der Waals surface area contributed by atoms with Gasteiger partial charge in [0.1, 0.15) is 5.75 Å². The summed E-state index contributed by atoms with van der Waals surface area (Å²) >= 11 is 0. The van der Waals surface area contributed by atoms with Gasteiger partial charge in [-0.15, -0.1) is 0 Å². The molecule has 0 radical (unpaired) electrons. The molecular weight excluding hydrogens is 312 g/mol. The zero-order valence-corrected chi connectivity index (χ0v) is 16.7. The van der Waals surface area contributed by atoms with Crippen LogP contribution in [0.4, 0.5) is 0 Å². The Bertz CT molecular complexity index is 486. The van der Waals surface area contributed by atoms with Crippen molar-refractivity contribution in [3.05, 3.63) is 29.8 Å². The van der Waals surface area contributed by atoms with E-state index in [9.17, 15) is 4.79 Å². The van der Waals surface area contributed by atoms with E-state index in [4.69, 9.17) is 4.74 Å². The fourth-order valence-electron chi connectivity index (χ4n) is 2.78. The predicted molar refractivity (Wildman–Crippen MR) is 105 cm³/mol. The third-order valence-corrected chi connectivity index (χ3v) is 3.94. The highest BCUT2D eigenvalue weighted by atomic mass is 16.5. The first kappa shape index (κ1) is 21.5. The highest BCUT2D eigenvalue weighted by molar-refractivity contribution is 5.94. The number of piperidine rings is 1. The van der Waals surface area contributed by atoms with Gasteiger partial charge in [-0.1, -0.05) is 20.3 Å². The van der Waals surface area contributed by atoms with Crippen molar-refractivity contribution in [1.82, 2.24) is 10.2 Å². The molecule has 1 N–H and O–H groups in total. The number of hydrogen-bond acceptors (Lipinski definition) is 3. The fourth-order valence-corrected chi connectivity index (χ4v) is 2.78. The van der Waals surface area contributed by atoms with Crippen LogP contribution in [0.3, 0.4) is 0 Å². The molecule has 0 saturated carbocycles. The Kier molecular flexibility index (Phi) is 9.58. The first-order valence-electron chi connectivity index (χ1n) is 9.72. The zero-order chi connectivity index (χ0) is 18.7. The normalized spacial score (nSPS) is 15.1. The number of nitrogens with zero attached hydrogens (tertiary/aromatic N) is 1. The van der Waals surface area contributed by atoms with Gasteiger partial charge in [0.25, 0.3) is 5.91 Å². The molecular formula is C21H36N2O2. The van der Waals surface area contributed by atoms with Gasteiger partial charge >= 0.3 is 0 Å². The highest BCUT2D eigenvalue weighted by Gasteiger charge is 2.15. The lowest BCUT2D eigenvalue weighted by molar-refractivity contribution is 0.0919. The molecule has 0 aromatic heterocycles. The van der Waals surface area contributed by atoms with Crippen LogP contribution in [0.15, 0.2) is 24.3 Å². The summed E-state index contributed by atoms with van der Waals surface area (Å²) in [5, 5.41) is 2.96. The average Bonchev–Trinajstić information content (AvgIpc) is 2.60. The number of amides is 1. The minimum atomic E-state index is -0.222. The van der Waals surface area contributed by atoms with Gasteiger partial charge in [0.2, 0.25) is 0 Å². The molecule has 142 valence electrons. The SMILES string of the molecule is CC.CC(C)(C)NC(=O)c1ccc(OCCCN2CCCCC2)cc1. The Balaban J connectivity index is 0.00000151. The van der Waals surface area contributed by atoms with E-state index in [0.29, 0.717) is 5.56 Å². The monoisotopic (exact) mass is 348 g/mol. The summed E-state index contributed by atoms with van der Waals surface area (Å²) in [5.74, 6) is 0.783. The lowest BCUT2D eigenvalue weighted by atomic mass is 10.1. The van der Waals surface area contributed by atoms with Gasteiger partial charge in [0.05, 0.1) is 6.61 Å². The molecule has 4 heteroatoms. The molecule has 1 aliphatic rings. The van der Waals surface area contributed by atoms with Crippen molar-refractivity contribution in [2.45, 2.75) is 65.8 Å². The Morgan fingerprint density at radius 2 is 1.68 bits per heavy atom. The molecule has 1 saturated heterocycles. The Morgan fingerprint density at radius 1 is 1.08 bits per heavy atom. The number of carbonyl (C=O) groups is 1. The van der Waals surface area contributed by atoms with Gasteiger partial charge in [-0.3, -0.25) is 4.79 Å². The van der Waals surface area contributed by atoms with Crippen LogP contribution in [0, 0.1) is 0 Å². The minimum absolute atomic E-state index is 0.0471. The molecule has 25 heavy (non-hydrogen) atoms. The summed E-state index contributed by atoms with van der Waals surface area (Å²) in [7, 11) is 0. The maximum Gasteiger partial charge on any atom is 0.251 e. The standard InChI is InChI=1S/C19H30N2O2.C2H6/c1-19(2,3)20-18(22)16-8-10-17(11-9-16)23-15-7-14-21-12-5-4-6-13-21;1-2/h8-11H,4-7,12-15H2,1-3H3,(H,20,22);1-2H3. The van der Waals surface area contributed by atoms with Gasteiger partial charge in [-0.05, 0) is 77.4 Å². The molecule has 1 fully saturated rings. The van der Waals surface area contributed by atoms with Crippen molar-refractivity contribution in [2.24, 2.45) is 0 Å². The van der Waals surface area contributed by atoms with Crippen LogP contribution in [0.5, 0.6) is 5.75 Å². The molecule has 0 unspecified atom stereocenters. The van der Waals surface area contributed by atoms with Crippen molar-refractivity contribution in [2.75, 3.05) is 26.2 Å². The van der Waals surface area contributed by atoms with Crippen molar-refractivity contribution in [1.29, 1.82) is 0 Å². The van der Waals surface area contributed by atoms with Crippen LogP contribution >= 0.6 is 0 Å². The fraction of sp³-hybridized carbons (Fsp3) is 0.667. The van der Waals surface area contributed by atoms with E-state index in [-0.39, 0.29) is 11.4 Å². The second-order valence-corrected chi connectivity index (χ2v) is 7.33. The van der Waals surface area contributed by atoms with Crippen LogP contribution in [0.2, 0.25) is 0 Å². The molecule has 0 atom stereocenters. The van der Waals surface area contributed by atoms with E-state index in [2.05, 4.69) is 10.2 Å². The molecule has 4 nitrogen and oxygen atoms in total. The van der Waals surface area contributed by atoms with Gasteiger partial charge < -0.3 is 15.0 Å². The third kappa shape index (κ3) is 8.92. The largest absolute Gasteiger partial charge is 0.494 e. The number of carbonyl (C=O) groups excluding carboxylic acids is 1. The molecule has 2 rings (SSSR count).